The van der Waals surface area contributed by atoms with Gasteiger partial charge in [-0.1, -0.05) is 48.5 Å². The number of carbonyl (C=O) groups excluding carboxylic acids is 3. The number of ether oxygens (including phenoxy) is 1. The molecule has 0 spiro atoms. The van der Waals surface area contributed by atoms with Gasteiger partial charge in [-0.2, -0.15) is 0 Å². The van der Waals surface area contributed by atoms with Gasteiger partial charge in [0, 0.05) is 28.1 Å². The number of anilines is 2. The topological polar surface area (TPSA) is 131 Å². The summed E-state index contributed by atoms with van der Waals surface area (Å²) < 4.78 is 5.56. The van der Waals surface area contributed by atoms with Crippen LogP contribution in [0.1, 0.15) is 31.1 Å². The number of aromatic carboxylic acids is 2. The SMILES string of the molecule is O=C(Nc1ccc(-c2ccc(NCOc3ccccc3)cc2C(=O)[O-])c(C(=O)[O-])c1)c1ccccc1.[Na+].[Na+]. The molecular formula is C28H20N2Na2O6. The molecule has 2 N–H and O–H groups in total. The van der Waals surface area contributed by atoms with E-state index in [0.29, 0.717) is 17.0 Å². The third kappa shape index (κ3) is 7.94. The van der Waals surface area contributed by atoms with Crippen molar-refractivity contribution in [1.29, 1.82) is 0 Å². The van der Waals surface area contributed by atoms with Gasteiger partial charge in [0.1, 0.15) is 5.75 Å². The zero-order valence-corrected chi connectivity index (χ0v) is 24.9. The number of rotatable bonds is 9. The Morgan fingerprint density at radius 3 is 1.71 bits per heavy atom. The van der Waals surface area contributed by atoms with Gasteiger partial charge in [0.2, 0.25) is 0 Å². The van der Waals surface area contributed by atoms with Gasteiger partial charge in [-0.15, -0.1) is 0 Å². The Hall–Kier alpha value is -3.11. The Labute approximate surface area is 263 Å². The van der Waals surface area contributed by atoms with Gasteiger partial charge in [-0.25, -0.2) is 0 Å². The van der Waals surface area contributed by atoms with Crippen LogP contribution in [0.2, 0.25) is 0 Å². The molecule has 180 valence electrons. The van der Waals surface area contributed by atoms with E-state index in [9.17, 15) is 24.6 Å². The van der Waals surface area contributed by atoms with Crippen LogP contribution in [0.3, 0.4) is 0 Å². The van der Waals surface area contributed by atoms with E-state index in [2.05, 4.69) is 10.6 Å². The molecule has 0 aliphatic heterocycles. The summed E-state index contributed by atoms with van der Waals surface area (Å²) in [5.74, 6) is -2.79. The van der Waals surface area contributed by atoms with Gasteiger partial charge < -0.3 is 35.2 Å². The molecule has 1 amide bonds. The first-order chi connectivity index (χ1) is 17.4. The van der Waals surface area contributed by atoms with Crippen molar-refractivity contribution in [1.82, 2.24) is 0 Å². The van der Waals surface area contributed by atoms with Crippen molar-refractivity contribution < 1.29 is 88.4 Å². The number of benzene rings is 4. The molecule has 4 aromatic carbocycles. The number of carboxylic acid groups (broad SMARTS) is 2. The summed E-state index contributed by atoms with van der Waals surface area (Å²) in [6, 6.07) is 26.0. The zero-order valence-electron chi connectivity index (χ0n) is 20.9. The average Bonchev–Trinajstić information content (AvgIpc) is 2.89. The van der Waals surface area contributed by atoms with Crippen LogP contribution in [-0.4, -0.2) is 24.6 Å². The molecule has 8 nitrogen and oxygen atoms in total. The number of para-hydroxylation sites is 1. The second kappa shape index (κ2) is 14.7. The maximum atomic E-state index is 12.4. The summed E-state index contributed by atoms with van der Waals surface area (Å²) in [5.41, 5.74) is 0.798. The summed E-state index contributed by atoms with van der Waals surface area (Å²) in [4.78, 5) is 36.2. The summed E-state index contributed by atoms with van der Waals surface area (Å²) in [6.07, 6.45) is 0. The Morgan fingerprint density at radius 2 is 1.16 bits per heavy atom. The number of carbonyl (C=O) groups is 3. The maximum Gasteiger partial charge on any atom is 1.00 e. The first kappa shape index (κ1) is 31.1. The molecule has 4 aromatic rings. The molecule has 4 rings (SSSR count). The van der Waals surface area contributed by atoms with Crippen LogP contribution in [0.15, 0.2) is 97.1 Å². The number of nitrogens with one attached hydrogen (secondary N) is 2. The molecule has 0 heterocycles. The van der Waals surface area contributed by atoms with E-state index in [1.54, 1.807) is 48.5 Å². The Balaban J connectivity index is 0.00000253. The molecule has 0 aliphatic carbocycles. The van der Waals surface area contributed by atoms with Crippen molar-refractivity contribution in [3.63, 3.8) is 0 Å². The minimum atomic E-state index is -1.52. The van der Waals surface area contributed by atoms with E-state index in [-0.39, 0.29) is 93.8 Å². The summed E-state index contributed by atoms with van der Waals surface area (Å²) in [6.45, 7) is 0.0793. The minimum absolute atomic E-state index is 0. The molecule has 0 radical (unpaired) electrons. The average molecular weight is 526 g/mol. The molecule has 0 bridgehead atoms. The van der Waals surface area contributed by atoms with Crippen LogP contribution in [-0.2, 0) is 0 Å². The van der Waals surface area contributed by atoms with Crippen molar-refractivity contribution in [2.24, 2.45) is 0 Å². The zero-order chi connectivity index (χ0) is 25.5. The van der Waals surface area contributed by atoms with Gasteiger partial charge in [-0.3, -0.25) is 4.79 Å². The van der Waals surface area contributed by atoms with Crippen LogP contribution in [0.5, 0.6) is 5.75 Å². The Kier molecular flexibility index (Phi) is 12.1. The van der Waals surface area contributed by atoms with Crippen LogP contribution < -0.4 is 84.7 Å². The monoisotopic (exact) mass is 526 g/mol. The number of hydrogen-bond acceptors (Lipinski definition) is 7. The second-order valence-corrected chi connectivity index (χ2v) is 7.69. The normalized spacial score (nSPS) is 9.79. The number of amides is 1. The fourth-order valence-electron chi connectivity index (χ4n) is 3.60. The van der Waals surface area contributed by atoms with E-state index >= 15 is 0 Å². The van der Waals surface area contributed by atoms with E-state index in [1.807, 2.05) is 18.2 Å². The van der Waals surface area contributed by atoms with Gasteiger partial charge in [0.05, 0.1) is 11.9 Å². The molecule has 38 heavy (non-hydrogen) atoms. The quantitative estimate of drug-likeness (QED) is 0.174. The first-order valence-corrected chi connectivity index (χ1v) is 10.9. The van der Waals surface area contributed by atoms with E-state index in [1.165, 1.54) is 30.3 Å². The standard InChI is InChI=1S/C28H22N2O6.2Na/c31-26(18-7-3-1-4-8-18)30-20-12-14-23(25(16-20)28(34)35)22-13-11-19(15-24(22)27(32)33)29-17-36-21-9-5-2-6-10-21;;/h1-16,29H,17H2,(H,30,31)(H,32,33)(H,34,35);;/q;2*+1/p-2. The predicted molar refractivity (Wildman–Crippen MR) is 130 cm³/mol. The van der Waals surface area contributed by atoms with Crippen LogP contribution >= 0.6 is 0 Å². The predicted octanol–water partition coefficient (Wildman–Crippen LogP) is -3.21. The van der Waals surface area contributed by atoms with Crippen molar-refractivity contribution in [3.8, 4) is 16.9 Å². The summed E-state index contributed by atoms with van der Waals surface area (Å²) in [5, 5.41) is 29.4. The van der Waals surface area contributed by atoms with E-state index < -0.39 is 17.8 Å². The van der Waals surface area contributed by atoms with E-state index in [0.717, 1.165) is 0 Å². The fraction of sp³-hybridized carbons (Fsp3) is 0.0357. The molecule has 0 atom stereocenters. The third-order valence-corrected chi connectivity index (χ3v) is 5.32. The second-order valence-electron chi connectivity index (χ2n) is 7.69. The molecule has 0 saturated carbocycles. The molecular weight excluding hydrogens is 506 g/mol. The number of hydrogen-bond donors (Lipinski definition) is 2. The van der Waals surface area contributed by atoms with Gasteiger partial charge in [0.15, 0.2) is 6.73 Å². The third-order valence-electron chi connectivity index (χ3n) is 5.32. The summed E-state index contributed by atoms with van der Waals surface area (Å²) in [7, 11) is 0. The molecule has 0 fully saturated rings. The number of carboxylic acids is 2. The largest absolute Gasteiger partial charge is 1.00 e. The van der Waals surface area contributed by atoms with Crippen molar-refractivity contribution in [2.45, 2.75) is 0 Å². The van der Waals surface area contributed by atoms with Gasteiger partial charge >= 0.3 is 59.1 Å². The molecule has 0 saturated heterocycles. The van der Waals surface area contributed by atoms with Crippen molar-refractivity contribution in [2.75, 3.05) is 17.4 Å². The first-order valence-electron chi connectivity index (χ1n) is 10.9. The van der Waals surface area contributed by atoms with Crippen LogP contribution in [0.25, 0.3) is 11.1 Å². The maximum absolute atomic E-state index is 12.4. The van der Waals surface area contributed by atoms with Gasteiger partial charge in [-0.05, 0) is 59.7 Å². The molecule has 0 aromatic heterocycles. The molecule has 10 heteroatoms. The van der Waals surface area contributed by atoms with Gasteiger partial charge in [0.25, 0.3) is 5.91 Å². The Bertz CT molecular complexity index is 1420. The van der Waals surface area contributed by atoms with Crippen LogP contribution in [0.4, 0.5) is 11.4 Å². The fourth-order valence-corrected chi connectivity index (χ4v) is 3.60. The van der Waals surface area contributed by atoms with Crippen molar-refractivity contribution in [3.05, 3.63) is 114 Å². The molecule has 0 unspecified atom stereocenters. The minimum Gasteiger partial charge on any atom is -0.545 e. The van der Waals surface area contributed by atoms with E-state index in [4.69, 9.17) is 4.74 Å². The Morgan fingerprint density at radius 1 is 0.658 bits per heavy atom. The van der Waals surface area contributed by atoms with Crippen LogP contribution in [0, 0.1) is 0 Å². The smallest absolute Gasteiger partial charge is 0.545 e. The summed E-state index contributed by atoms with van der Waals surface area (Å²) >= 11 is 0. The molecule has 0 aliphatic rings. The van der Waals surface area contributed by atoms with Crippen molar-refractivity contribution >= 4 is 29.2 Å².